The van der Waals surface area contributed by atoms with E-state index in [1.807, 2.05) is 27.7 Å². The second kappa shape index (κ2) is 31.9. The van der Waals surface area contributed by atoms with Gasteiger partial charge in [0.15, 0.2) is 5.78 Å². The number of Topliss-reactive ketones (excluding diaryl/α,β-unsaturated/α-hetero) is 1. The first-order chi connectivity index (χ1) is 32.8. The molecule has 0 saturated heterocycles. The highest BCUT2D eigenvalue weighted by Crippen LogP contribution is 2.14. The second-order valence-electron chi connectivity index (χ2n) is 18.9. The first-order valence-electron chi connectivity index (χ1n) is 23.5. The van der Waals surface area contributed by atoms with Crippen molar-refractivity contribution in [2.75, 3.05) is 142 Å². The van der Waals surface area contributed by atoms with Gasteiger partial charge < -0.3 is 65.4 Å². The molecular weight excluding hydrogens is 927 g/mol. The summed E-state index contributed by atoms with van der Waals surface area (Å²) in [6.45, 7) is 6.31. The Hall–Kier alpha value is -6.24. The van der Waals surface area contributed by atoms with Gasteiger partial charge in [-0.3, -0.25) is 57.5 Å². The molecule has 0 aliphatic carbocycles. The standard InChI is InChI=1S/C46H83N13O12/c1-31(2)48-19-17-16-18-34(45(47)70)20-35(60)21-50(6)36(61)22-51(7)37(62)23-52(8)38(63)24-53(9)39(64)25-54(10)40(65)26-55(11)41(66)27-56(12)42(67)28-57(13)43(68)29-58(14)44(69)30-59(15)46(71)33(5)49-32(3)4/h31-34,48-49H,16-30H2,1-15H3,(H2,47,70)/t33-,34+/m0/s1. The molecule has 2 atom stereocenters. The van der Waals surface area contributed by atoms with Crippen LogP contribution in [-0.2, 0) is 57.5 Å². The van der Waals surface area contributed by atoms with Crippen molar-refractivity contribution in [1.29, 1.82) is 0 Å². The topological polar surface area (TPSA) is 287 Å². The molecule has 25 heteroatoms. The van der Waals surface area contributed by atoms with Crippen LogP contribution in [-0.4, -0.2) is 280 Å². The lowest BCUT2D eigenvalue weighted by Crippen LogP contribution is -2.50. The van der Waals surface area contributed by atoms with Gasteiger partial charge in [0.25, 0.3) is 0 Å². The number of nitrogens with two attached hydrogens (primary N) is 1. The van der Waals surface area contributed by atoms with Crippen molar-refractivity contribution in [2.24, 2.45) is 11.7 Å². The van der Waals surface area contributed by atoms with Crippen molar-refractivity contribution in [1.82, 2.24) is 59.6 Å². The number of hydrogen-bond acceptors (Lipinski definition) is 14. The lowest BCUT2D eigenvalue weighted by molar-refractivity contribution is -0.146. The summed E-state index contributed by atoms with van der Waals surface area (Å²) in [5.41, 5.74) is 5.52. The maximum absolute atomic E-state index is 13.0. The van der Waals surface area contributed by atoms with Gasteiger partial charge in [0.05, 0.1) is 71.5 Å². The Morgan fingerprint density at radius 1 is 0.380 bits per heavy atom. The lowest BCUT2D eigenvalue weighted by atomic mass is 9.95. The second-order valence-corrected chi connectivity index (χ2v) is 18.9. The Kier molecular flexibility index (Phi) is 29.1. The molecule has 4 N–H and O–H groups in total. The SMILES string of the molecule is CC(C)NCCCC[C@H](CC(=O)CN(C)C(=O)CN(C)C(=O)CN(C)C(=O)CN(C)C(=O)CN(C)C(=O)CN(C)C(=O)CN(C)C(=O)CN(C)C(=O)CN(C)C(=O)CN(C)C(=O)[C@H](C)NC(C)C)C(N)=O. The number of carbonyl (C=O) groups excluding carboxylic acids is 12. The molecule has 0 rings (SSSR count). The number of likely N-dealkylation sites (N-methyl/N-ethyl adjacent to an activating group) is 10. The van der Waals surface area contributed by atoms with Crippen molar-refractivity contribution in [3.8, 4) is 0 Å². The maximum atomic E-state index is 13.0. The number of hydrogen-bond donors (Lipinski definition) is 3. The third kappa shape index (κ3) is 25.4. The van der Waals surface area contributed by atoms with E-state index in [0.29, 0.717) is 18.9 Å². The van der Waals surface area contributed by atoms with Crippen LogP contribution in [0.1, 0.15) is 60.3 Å². The Morgan fingerprint density at radius 2 is 0.648 bits per heavy atom. The summed E-state index contributed by atoms with van der Waals surface area (Å²) in [5.74, 6) is -7.19. The molecule has 25 nitrogen and oxygen atoms in total. The summed E-state index contributed by atoms with van der Waals surface area (Å²) in [6.07, 6.45) is 1.84. The number of unbranched alkanes of at least 4 members (excludes halogenated alkanes) is 1. The Morgan fingerprint density at radius 3 is 0.901 bits per heavy atom. The van der Waals surface area contributed by atoms with Crippen LogP contribution in [0, 0.1) is 5.92 Å². The lowest BCUT2D eigenvalue weighted by Gasteiger charge is -2.28. The molecule has 0 fully saturated rings. The third-order valence-corrected chi connectivity index (χ3v) is 11.3. The van der Waals surface area contributed by atoms with E-state index in [4.69, 9.17) is 5.73 Å². The van der Waals surface area contributed by atoms with Gasteiger partial charge >= 0.3 is 0 Å². The fraction of sp³-hybridized carbons (Fsp3) is 0.739. The zero-order chi connectivity index (χ0) is 55.0. The van der Waals surface area contributed by atoms with Crippen molar-refractivity contribution >= 4 is 70.8 Å². The van der Waals surface area contributed by atoms with Crippen LogP contribution in [0.2, 0.25) is 0 Å². The van der Waals surface area contributed by atoms with E-state index in [1.165, 1.54) is 75.4 Å². The van der Waals surface area contributed by atoms with Crippen LogP contribution in [0.3, 0.4) is 0 Å². The minimum atomic E-state index is -0.658. The molecule has 0 aliphatic rings. The molecule has 0 bridgehead atoms. The number of nitrogens with zero attached hydrogens (tertiary/aromatic N) is 10. The fourth-order valence-electron chi connectivity index (χ4n) is 6.54. The van der Waals surface area contributed by atoms with E-state index in [2.05, 4.69) is 10.6 Å². The van der Waals surface area contributed by atoms with Gasteiger partial charge in [-0.15, -0.1) is 0 Å². The van der Waals surface area contributed by atoms with Crippen LogP contribution in [0.15, 0.2) is 0 Å². The molecule has 11 amide bonds. The zero-order valence-corrected chi connectivity index (χ0v) is 44.9. The average molecular weight is 1010 g/mol. The summed E-state index contributed by atoms with van der Waals surface area (Å²) in [4.78, 5) is 164. The van der Waals surface area contributed by atoms with Crippen LogP contribution in [0.5, 0.6) is 0 Å². The predicted molar refractivity (Wildman–Crippen MR) is 263 cm³/mol. The molecule has 0 heterocycles. The summed E-state index contributed by atoms with van der Waals surface area (Å²) in [5, 5.41) is 6.35. The molecule has 0 aliphatic heterocycles. The average Bonchev–Trinajstić information content (AvgIpc) is 3.26. The molecule has 71 heavy (non-hydrogen) atoms. The van der Waals surface area contributed by atoms with Gasteiger partial charge in [0, 0.05) is 94.9 Å². The Bertz CT molecular complexity index is 1880. The molecule has 404 valence electrons. The number of ketones is 1. The van der Waals surface area contributed by atoms with Crippen molar-refractivity contribution in [2.45, 2.75) is 78.4 Å². The molecule has 0 aromatic heterocycles. The van der Waals surface area contributed by atoms with Gasteiger partial charge in [-0.1, -0.05) is 34.1 Å². The molecule has 0 saturated carbocycles. The smallest absolute Gasteiger partial charge is 0.242 e. The molecule has 0 radical (unpaired) electrons. The molecular formula is C46H83N13O12. The van der Waals surface area contributed by atoms with Crippen LogP contribution in [0.25, 0.3) is 0 Å². The highest BCUT2D eigenvalue weighted by atomic mass is 16.2. The van der Waals surface area contributed by atoms with Gasteiger partial charge in [-0.05, 0) is 26.3 Å². The number of amides is 11. The number of nitrogens with one attached hydrogen (secondary N) is 2. The van der Waals surface area contributed by atoms with E-state index >= 15 is 0 Å². The molecule has 0 aromatic carbocycles. The van der Waals surface area contributed by atoms with Crippen LogP contribution < -0.4 is 16.4 Å². The van der Waals surface area contributed by atoms with E-state index in [-0.39, 0.29) is 43.8 Å². The fourth-order valence-corrected chi connectivity index (χ4v) is 6.54. The van der Waals surface area contributed by atoms with E-state index in [9.17, 15) is 57.5 Å². The Balaban J connectivity index is 4.93. The highest BCUT2D eigenvalue weighted by molar-refractivity contribution is 5.94. The zero-order valence-electron chi connectivity index (χ0n) is 44.9. The summed E-state index contributed by atoms with van der Waals surface area (Å²) in [7, 11) is 13.7. The summed E-state index contributed by atoms with van der Waals surface area (Å²) in [6, 6.07) is -0.130. The van der Waals surface area contributed by atoms with Crippen molar-refractivity contribution in [3.63, 3.8) is 0 Å². The maximum Gasteiger partial charge on any atom is 0.242 e. The first kappa shape index (κ1) is 64.8. The van der Waals surface area contributed by atoms with Crippen LogP contribution in [0.4, 0.5) is 0 Å². The van der Waals surface area contributed by atoms with Gasteiger partial charge in [-0.25, -0.2) is 0 Å². The minimum absolute atomic E-state index is 0.0552. The predicted octanol–water partition coefficient (Wildman–Crippen LogP) is -3.81. The minimum Gasteiger partial charge on any atom is -0.369 e. The van der Waals surface area contributed by atoms with Gasteiger partial charge in [0.2, 0.25) is 65.0 Å². The van der Waals surface area contributed by atoms with Crippen LogP contribution >= 0.6 is 0 Å². The van der Waals surface area contributed by atoms with Crippen molar-refractivity contribution in [3.05, 3.63) is 0 Å². The molecule has 0 spiro atoms. The van der Waals surface area contributed by atoms with Gasteiger partial charge in [0.1, 0.15) is 0 Å². The number of carbonyl (C=O) groups is 12. The summed E-state index contributed by atoms with van der Waals surface area (Å²) >= 11 is 0. The quantitative estimate of drug-likeness (QED) is 0.0545. The highest BCUT2D eigenvalue weighted by Gasteiger charge is 2.28. The first-order valence-corrected chi connectivity index (χ1v) is 23.5. The Labute approximate surface area is 419 Å². The molecule has 0 aromatic rings. The summed E-state index contributed by atoms with van der Waals surface area (Å²) < 4.78 is 0. The monoisotopic (exact) mass is 1010 g/mol. The largest absolute Gasteiger partial charge is 0.369 e. The van der Waals surface area contributed by atoms with Crippen molar-refractivity contribution < 1.29 is 57.5 Å². The normalized spacial score (nSPS) is 11.7. The molecule has 0 unspecified atom stereocenters. The van der Waals surface area contributed by atoms with E-state index in [1.54, 1.807) is 6.92 Å². The third-order valence-electron chi connectivity index (χ3n) is 11.3. The number of rotatable bonds is 32. The van der Waals surface area contributed by atoms with E-state index in [0.717, 1.165) is 57.1 Å². The van der Waals surface area contributed by atoms with Gasteiger partial charge in [-0.2, -0.15) is 0 Å². The van der Waals surface area contributed by atoms with E-state index < -0.39 is 117 Å². The number of primary amides is 1.